The van der Waals surface area contributed by atoms with Crippen LogP contribution in [-0.4, -0.2) is 62.7 Å². The molecule has 0 aromatic rings. The first kappa shape index (κ1) is 13.9. The van der Waals surface area contributed by atoms with Crippen molar-refractivity contribution in [2.24, 2.45) is 5.92 Å². The summed E-state index contributed by atoms with van der Waals surface area (Å²) >= 11 is 0. The minimum atomic E-state index is 0.744. The Hall–Kier alpha value is -0.120. The van der Waals surface area contributed by atoms with Crippen LogP contribution in [0.4, 0.5) is 0 Å². The third kappa shape index (κ3) is 4.81. The number of likely N-dealkylation sites (tertiary alicyclic amines) is 1. The van der Waals surface area contributed by atoms with Crippen LogP contribution in [0.5, 0.6) is 0 Å². The number of rotatable bonds is 7. The highest BCUT2D eigenvalue weighted by atomic mass is 15.2. The molecule has 1 aliphatic heterocycles. The van der Waals surface area contributed by atoms with Crippen LogP contribution in [-0.2, 0) is 0 Å². The van der Waals surface area contributed by atoms with Crippen molar-refractivity contribution in [2.75, 3.05) is 46.8 Å². The van der Waals surface area contributed by atoms with Gasteiger partial charge in [0.2, 0.25) is 0 Å². The normalized spacial score (nSPS) is 24.2. The summed E-state index contributed by atoms with van der Waals surface area (Å²) in [6.45, 7) is 10.7. The zero-order valence-electron chi connectivity index (χ0n) is 11.5. The molecular formula is C13H29N3. The van der Waals surface area contributed by atoms with Gasteiger partial charge >= 0.3 is 0 Å². The molecule has 2 atom stereocenters. The standard InChI is InChI=1S/C13H29N3/c1-5-14-10-13-7-9-16(11-13)12(2)6-8-15(3)4/h12-14H,5-11H2,1-4H3. The van der Waals surface area contributed by atoms with Gasteiger partial charge in [-0.05, 0) is 66.0 Å². The average molecular weight is 227 g/mol. The first-order valence-electron chi connectivity index (χ1n) is 6.73. The molecule has 2 unspecified atom stereocenters. The Kier molecular flexibility index (Phi) is 6.32. The molecule has 0 aliphatic carbocycles. The van der Waals surface area contributed by atoms with Gasteiger partial charge < -0.3 is 15.1 Å². The smallest absolute Gasteiger partial charge is 0.00792 e. The highest BCUT2D eigenvalue weighted by Crippen LogP contribution is 2.19. The fraction of sp³-hybridized carbons (Fsp3) is 1.00. The Morgan fingerprint density at radius 3 is 2.81 bits per heavy atom. The second-order valence-corrected chi connectivity index (χ2v) is 5.40. The summed E-state index contributed by atoms with van der Waals surface area (Å²) in [5, 5.41) is 3.47. The minimum Gasteiger partial charge on any atom is -0.317 e. The number of nitrogens with one attached hydrogen (secondary N) is 1. The van der Waals surface area contributed by atoms with Gasteiger partial charge in [-0.1, -0.05) is 6.92 Å². The average Bonchev–Trinajstić information content (AvgIpc) is 2.71. The zero-order valence-corrected chi connectivity index (χ0v) is 11.5. The van der Waals surface area contributed by atoms with Crippen LogP contribution < -0.4 is 5.32 Å². The van der Waals surface area contributed by atoms with E-state index in [9.17, 15) is 0 Å². The Balaban J connectivity index is 2.18. The van der Waals surface area contributed by atoms with E-state index in [1.165, 1.54) is 39.0 Å². The lowest BCUT2D eigenvalue weighted by atomic mass is 10.1. The van der Waals surface area contributed by atoms with Gasteiger partial charge in [-0.25, -0.2) is 0 Å². The SMILES string of the molecule is CCNCC1CCN(C(C)CCN(C)C)C1. The van der Waals surface area contributed by atoms with Gasteiger partial charge in [0, 0.05) is 12.6 Å². The maximum absolute atomic E-state index is 3.47. The van der Waals surface area contributed by atoms with E-state index in [-0.39, 0.29) is 0 Å². The fourth-order valence-corrected chi connectivity index (χ4v) is 2.41. The molecule has 0 spiro atoms. The summed E-state index contributed by atoms with van der Waals surface area (Å²) < 4.78 is 0. The molecule has 1 heterocycles. The lowest BCUT2D eigenvalue weighted by molar-refractivity contribution is 0.220. The summed E-state index contributed by atoms with van der Waals surface area (Å²) in [5.41, 5.74) is 0. The van der Waals surface area contributed by atoms with Crippen LogP contribution in [0.1, 0.15) is 26.7 Å². The van der Waals surface area contributed by atoms with Gasteiger partial charge in [0.15, 0.2) is 0 Å². The van der Waals surface area contributed by atoms with Gasteiger partial charge in [0.25, 0.3) is 0 Å². The highest BCUT2D eigenvalue weighted by molar-refractivity contribution is 4.80. The first-order chi connectivity index (χ1) is 7.63. The van der Waals surface area contributed by atoms with E-state index in [0.717, 1.165) is 18.5 Å². The summed E-state index contributed by atoms with van der Waals surface area (Å²) in [7, 11) is 4.31. The van der Waals surface area contributed by atoms with E-state index < -0.39 is 0 Å². The zero-order chi connectivity index (χ0) is 12.0. The lowest BCUT2D eigenvalue weighted by Gasteiger charge is -2.25. The first-order valence-corrected chi connectivity index (χ1v) is 6.73. The minimum absolute atomic E-state index is 0.744. The maximum atomic E-state index is 3.47. The topological polar surface area (TPSA) is 18.5 Å². The predicted molar refractivity (Wildman–Crippen MR) is 70.9 cm³/mol. The van der Waals surface area contributed by atoms with Crippen LogP contribution >= 0.6 is 0 Å². The number of nitrogens with zero attached hydrogens (tertiary/aromatic N) is 2. The van der Waals surface area contributed by atoms with Gasteiger partial charge in [-0.3, -0.25) is 0 Å². The Morgan fingerprint density at radius 1 is 1.44 bits per heavy atom. The molecule has 1 saturated heterocycles. The molecule has 0 saturated carbocycles. The molecule has 1 N–H and O–H groups in total. The highest BCUT2D eigenvalue weighted by Gasteiger charge is 2.25. The summed E-state index contributed by atoms with van der Waals surface area (Å²) in [6.07, 6.45) is 2.67. The van der Waals surface area contributed by atoms with Crippen LogP contribution in [0.25, 0.3) is 0 Å². The van der Waals surface area contributed by atoms with E-state index in [2.05, 4.69) is 43.1 Å². The largest absolute Gasteiger partial charge is 0.317 e. The van der Waals surface area contributed by atoms with Gasteiger partial charge in [0.05, 0.1) is 0 Å². The second kappa shape index (κ2) is 7.25. The molecule has 0 aromatic heterocycles. The molecule has 0 aromatic carbocycles. The molecule has 1 fully saturated rings. The van der Waals surface area contributed by atoms with Crippen LogP contribution in [0.3, 0.4) is 0 Å². The van der Waals surface area contributed by atoms with E-state index in [0.29, 0.717) is 0 Å². The molecule has 1 rings (SSSR count). The van der Waals surface area contributed by atoms with Crippen molar-refractivity contribution in [2.45, 2.75) is 32.7 Å². The number of hydrogen-bond donors (Lipinski definition) is 1. The summed E-state index contributed by atoms with van der Waals surface area (Å²) in [5.74, 6) is 0.877. The third-order valence-corrected chi connectivity index (χ3v) is 3.62. The second-order valence-electron chi connectivity index (χ2n) is 5.40. The molecule has 3 heteroatoms. The van der Waals surface area contributed by atoms with Crippen LogP contribution in [0, 0.1) is 5.92 Å². The summed E-state index contributed by atoms with van der Waals surface area (Å²) in [6, 6.07) is 0.744. The Morgan fingerprint density at radius 2 is 2.19 bits per heavy atom. The molecule has 0 bridgehead atoms. The van der Waals surface area contributed by atoms with E-state index in [1.54, 1.807) is 0 Å². The molecular weight excluding hydrogens is 198 g/mol. The van der Waals surface area contributed by atoms with E-state index in [4.69, 9.17) is 0 Å². The van der Waals surface area contributed by atoms with Gasteiger partial charge in [-0.15, -0.1) is 0 Å². The molecule has 1 aliphatic rings. The molecule has 96 valence electrons. The van der Waals surface area contributed by atoms with Crippen molar-refractivity contribution in [1.29, 1.82) is 0 Å². The number of hydrogen-bond acceptors (Lipinski definition) is 3. The van der Waals surface area contributed by atoms with Crippen molar-refractivity contribution in [3.63, 3.8) is 0 Å². The molecule has 3 nitrogen and oxygen atoms in total. The van der Waals surface area contributed by atoms with E-state index >= 15 is 0 Å². The quantitative estimate of drug-likeness (QED) is 0.706. The monoisotopic (exact) mass is 227 g/mol. The molecule has 0 amide bonds. The van der Waals surface area contributed by atoms with Crippen LogP contribution in [0.15, 0.2) is 0 Å². The molecule has 16 heavy (non-hydrogen) atoms. The van der Waals surface area contributed by atoms with Crippen molar-refractivity contribution >= 4 is 0 Å². The van der Waals surface area contributed by atoms with Crippen LogP contribution in [0.2, 0.25) is 0 Å². The lowest BCUT2D eigenvalue weighted by Crippen LogP contribution is -2.34. The maximum Gasteiger partial charge on any atom is 0.00792 e. The predicted octanol–water partition coefficient (Wildman–Crippen LogP) is 1.26. The van der Waals surface area contributed by atoms with E-state index in [1.807, 2.05) is 0 Å². The van der Waals surface area contributed by atoms with Crippen molar-refractivity contribution in [3.8, 4) is 0 Å². The Bertz CT molecular complexity index is 182. The Labute approximate surface area is 101 Å². The molecule has 0 radical (unpaired) electrons. The van der Waals surface area contributed by atoms with Crippen molar-refractivity contribution in [3.05, 3.63) is 0 Å². The summed E-state index contributed by atoms with van der Waals surface area (Å²) in [4.78, 5) is 4.94. The van der Waals surface area contributed by atoms with Crippen molar-refractivity contribution in [1.82, 2.24) is 15.1 Å². The fourth-order valence-electron chi connectivity index (χ4n) is 2.41. The third-order valence-electron chi connectivity index (χ3n) is 3.62. The van der Waals surface area contributed by atoms with Crippen molar-refractivity contribution < 1.29 is 0 Å². The van der Waals surface area contributed by atoms with Gasteiger partial charge in [0.1, 0.15) is 0 Å². The van der Waals surface area contributed by atoms with Gasteiger partial charge in [-0.2, -0.15) is 0 Å².